The number of amides is 2. The third kappa shape index (κ3) is 3.29. The van der Waals surface area contributed by atoms with E-state index in [0.29, 0.717) is 21.2 Å². The van der Waals surface area contributed by atoms with E-state index in [4.69, 9.17) is 23.2 Å². The Labute approximate surface area is 154 Å². The van der Waals surface area contributed by atoms with Gasteiger partial charge in [-0.3, -0.25) is 9.59 Å². The van der Waals surface area contributed by atoms with Gasteiger partial charge in [0.15, 0.2) is 0 Å². The number of benzene rings is 1. The molecule has 3 rings (SSSR count). The van der Waals surface area contributed by atoms with Crippen LogP contribution in [0.5, 0.6) is 0 Å². The van der Waals surface area contributed by atoms with Gasteiger partial charge in [0.1, 0.15) is 5.00 Å². The standard InChI is InChI=1S/C17H16Cl2N2O2S/c1-20-16(23)14-11-4-2-3-5-13(11)24-17(14)21-15(22)10-7-6-9(18)8-12(10)19/h6-8H,2-5H2,1H3,(H,20,23)(H,21,22). The predicted octanol–water partition coefficient (Wildman–Crippen LogP) is 4.55. The molecule has 1 aromatic carbocycles. The van der Waals surface area contributed by atoms with Gasteiger partial charge in [-0.2, -0.15) is 0 Å². The van der Waals surface area contributed by atoms with Gasteiger partial charge in [0, 0.05) is 16.9 Å². The van der Waals surface area contributed by atoms with Crippen LogP contribution in [0.4, 0.5) is 5.00 Å². The number of rotatable bonds is 3. The van der Waals surface area contributed by atoms with Gasteiger partial charge in [0.25, 0.3) is 11.8 Å². The molecule has 0 saturated heterocycles. The van der Waals surface area contributed by atoms with Gasteiger partial charge < -0.3 is 10.6 Å². The van der Waals surface area contributed by atoms with Crippen molar-refractivity contribution in [1.29, 1.82) is 0 Å². The van der Waals surface area contributed by atoms with E-state index in [2.05, 4.69) is 10.6 Å². The van der Waals surface area contributed by atoms with E-state index in [1.165, 1.54) is 22.3 Å². The first kappa shape index (κ1) is 17.3. The minimum Gasteiger partial charge on any atom is -0.355 e. The Kier molecular flexibility index (Phi) is 5.13. The summed E-state index contributed by atoms with van der Waals surface area (Å²) in [4.78, 5) is 26.0. The molecular formula is C17H16Cl2N2O2S. The van der Waals surface area contributed by atoms with Gasteiger partial charge >= 0.3 is 0 Å². The molecule has 2 aromatic rings. The zero-order valence-corrected chi connectivity index (χ0v) is 15.4. The molecule has 2 amide bonds. The summed E-state index contributed by atoms with van der Waals surface area (Å²) in [5, 5.41) is 6.84. The normalized spacial score (nSPS) is 13.3. The number of fused-ring (bicyclic) bond motifs is 1. The molecule has 1 aliphatic rings. The molecule has 1 heterocycles. The maximum Gasteiger partial charge on any atom is 0.257 e. The van der Waals surface area contributed by atoms with Gasteiger partial charge in [0.05, 0.1) is 16.1 Å². The lowest BCUT2D eigenvalue weighted by Crippen LogP contribution is -2.22. The highest BCUT2D eigenvalue weighted by molar-refractivity contribution is 7.17. The molecular weight excluding hydrogens is 367 g/mol. The zero-order valence-electron chi connectivity index (χ0n) is 13.0. The molecule has 0 fully saturated rings. The fourth-order valence-corrected chi connectivity index (χ4v) is 4.64. The van der Waals surface area contributed by atoms with Crippen LogP contribution in [0.25, 0.3) is 0 Å². The summed E-state index contributed by atoms with van der Waals surface area (Å²) in [6.07, 6.45) is 3.98. The molecule has 0 unspecified atom stereocenters. The SMILES string of the molecule is CNC(=O)c1c(NC(=O)c2ccc(Cl)cc2Cl)sc2c1CCCC2. The minimum absolute atomic E-state index is 0.174. The fraction of sp³-hybridized carbons (Fsp3) is 0.294. The third-order valence-corrected chi connectivity index (χ3v) is 5.78. The van der Waals surface area contributed by atoms with Crippen LogP contribution in [0.1, 0.15) is 44.0 Å². The second-order valence-corrected chi connectivity index (χ2v) is 7.52. The van der Waals surface area contributed by atoms with Crippen molar-refractivity contribution in [2.75, 3.05) is 12.4 Å². The van der Waals surface area contributed by atoms with Crippen LogP contribution in [-0.2, 0) is 12.8 Å². The maximum absolute atomic E-state index is 12.6. The van der Waals surface area contributed by atoms with Crippen molar-refractivity contribution >= 4 is 51.4 Å². The van der Waals surface area contributed by atoms with E-state index in [1.807, 2.05) is 0 Å². The summed E-state index contributed by atoms with van der Waals surface area (Å²) in [6.45, 7) is 0. The molecule has 1 aromatic heterocycles. The Morgan fingerprint density at radius 3 is 2.58 bits per heavy atom. The number of nitrogens with one attached hydrogen (secondary N) is 2. The van der Waals surface area contributed by atoms with Crippen molar-refractivity contribution in [2.45, 2.75) is 25.7 Å². The molecule has 24 heavy (non-hydrogen) atoms. The van der Waals surface area contributed by atoms with Gasteiger partial charge in [-0.05, 0) is 49.4 Å². The number of anilines is 1. The summed E-state index contributed by atoms with van der Waals surface area (Å²) in [5.74, 6) is -0.521. The molecule has 126 valence electrons. The van der Waals surface area contributed by atoms with E-state index in [1.54, 1.807) is 19.2 Å². The van der Waals surface area contributed by atoms with Crippen molar-refractivity contribution in [1.82, 2.24) is 5.32 Å². The Hall–Kier alpha value is -1.56. The monoisotopic (exact) mass is 382 g/mol. The van der Waals surface area contributed by atoms with Crippen LogP contribution in [-0.4, -0.2) is 18.9 Å². The van der Waals surface area contributed by atoms with E-state index >= 15 is 0 Å². The van der Waals surface area contributed by atoms with Crippen LogP contribution in [0, 0.1) is 0 Å². The highest BCUT2D eigenvalue weighted by Gasteiger charge is 2.26. The highest BCUT2D eigenvalue weighted by atomic mass is 35.5. The second kappa shape index (κ2) is 7.13. The number of carbonyl (C=O) groups excluding carboxylic acids is 2. The quantitative estimate of drug-likeness (QED) is 0.817. The van der Waals surface area contributed by atoms with Crippen LogP contribution in [0.15, 0.2) is 18.2 Å². The maximum atomic E-state index is 12.6. The van der Waals surface area contributed by atoms with Gasteiger partial charge in [-0.25, -0.2) is 0 Å². The topological polar surface area (TPSA) is 58.2 Å². The lowest BCUT2D eigenvalue weighted by molar-refractivity contribution is 0.0963. The number of carbonyl (C=O) groups is 2. The van der Waals surface area contributed by atoms with Crippen molar-refractivity contribution in [3.05, 3.63) is 49.8 Å². The third-order valence-electron chi connectivity index (χ3n) is 4.03. The molecule has 0 spiro atoms. The molecule has 2 N–H and O–H groups in total. The Morgan fingerprint density at radius 1 is 1.12 bits per heavy atom. The first-order chi connectivity index (χ1) is 11.5. The van der Waals surface area contributed by atoms with Gasteiger partial charge in [-0.1, -0.05) is 23.2 Å². The van der Waals surface area contributed by atoms with E-state index in [9.17, 15) is 9.59 Å². The number of hydrogen-bond acceptors (Lipinski definition) is 3. The van der Waals surface area contributed by atoms with Gasteiger partial charge in [-0.15, -0.1) is 11.3 Å². The number of hydrogen-bond donors (Lipinski definition) is 2. The smallest absolute Gasteiger partial charge is 0.257 e. The summed E-state index contributed by atoms with van der Waals surface area (Å²) in [5.41, 5.74) is 1.97. The summed E-state index contributed by atoms with van der Waals surface area (Å²) in [6, 6.07) is 4.71. The average Bonchev–Trinajstić information content (AvgIpc) is 2.91. The van der Waals surface area contributed by atoms with Crippen LogP contribution < -0.4 is 10.6 Å². The lowest BCUT2D eigenvalue weighted by Gasteiger charge is -2.12. The number of thiophene rings is 1. The average molecular weight is 383 g/mol. The van der Waals surface area contributed by atoms with E-state index < -0.39 is 0 Å². The summed E-state index contributed by atoms with van der Waals surface area (Å²) >= 11 is 13.4. The van der Waals surface area contributed by atoms with Crippen LogP contribution in [0.3, 0.4) is 0 Å². The Balaban J connectivity index is 1.96. The highest BCUT2D eigenvalue weighted by Crippen LogP contribution is 2.38. The van der Waals surface area contributed by atoms with Crippen molar-refractivity contribution < 1.29 is 9.59 Å². The fourth-order valence-electron chi connectivity index (χ4n) is 2.86. The lowest BCUT2D eigenvalue weighted by atomic mass is 9.95. The van der Waals surface area contributed by atoms with E-state index in [-0.39, 0.29) is 16.8 Å². The molecule has 0 bridgehead atoms. The first-order valence-corrected chi connectivity index (χ1v) is 9.21. The summed E-state index contributed by atoms with van der Waals surface area (Å²) < 4.78 is 0. The Morgan fingerprint density at radius 2 is 1.88 bits per heavy atom. The van der Waals surface area contributed by atoms with Crippen molar-refractivity contribution in [2.24, 2.45) is 0 Å². The number of halogens is 2. The molecule has 4 nitrogen and oxygen atoms in total. The largest absolute Gasteiger partial charge is 0.355 e. The Bertz CT molecular complexity index is 817. The zero-order chi connectivity index (χ0) is 17.3. The molecule has 0 aliphatic heterocycles. The number of aryl methyl sites for hydroxylation is 1. The predicted molar refractivity (Wildman–Crippen MR) is 98.8 cm³/mol. The molecule has 7 heteroatoms. The second-order valence-electron chi connectivity index (χ2n) is 5.57. The first-order valence-electron chi connectivity index (χ1n) is 7.64. The van der Waals surface area contributed by atoms with Gasteiger partial charge in [0.2, 0.25) is 0 Å². The van der Waals surface area contributed by atoms with E-state index in [0.717, 1.165) is 31.2 Å². The molecule has 0 saturated carbocycles. The summed E-state index contributed by atoms with van der Waals surface area (Å²) in [7, 11) is 1.59. The molecule has 0 radical (unpaired) electrons. The van der Waals surface area contributed by atoms with Crippen LogP contribution in [0.2, 0.25) is 10.0 Å². The molecule has 1 aliphatic carbocycles. The minimum atomic E-state index is -0.347. The van der Waals surface area contributed by atoms with Crippen LogP contribution >= 0.6 is 34.5 Å². The van der Waals surface area contributed by atoms with Crippen molar-refractivity contribution in [3.8, 4) is 0 Å². The van der Waals surface area contributed by atoms with Crippen molar-refractivity contribution in [3.63, 3.8) is 0 Å². The molecule has 0 atom stereocenters.